The molecule has 0 radical (unpaired) electrons. The molecule has 1 amide bonds. The number of carbonyl (C=O) groups is 1. The van der Waals surface area contributed by atoms with Gasteiger partial charge in [0, 0.05) is 4.88 Å². The monoisotopic (exact) mass is 300 g/mol. The highest BCUT2D eigenvalue weighted by molar-refractivity contribution is 7.10. The highest BCUT2D eigenvalue weighted by Gasteiger charge is 2.08. The van der Waals surface area contributed by atoms with Gasteiger partial charge >= 0.3 is 0 Å². The number of hydrogen-bond acceptors (Lipinski definition) is 3. The van der Waals surface area contributed by atoms with E-state index in [-0.39, 0.29) is 5.91 Å². The van der Waals surface area contributed by atoms with Crippen molar-refractivity contribution in [1.82, 2.24) is 5.43 Å². The number of hydrazone groups is 1. The Morgan fingerprint density at radius 1 is 1.19 bits per heavy atom. The van der Waals surface area contributed by atoms with Crippen LogP contribution in [0.15, 0.2) is 52.9 Å². The predicted molar refractivity (Wildman–Crippen MR) is 88.6 cm³/mol. The lowest BCUT2D eigenvalue weighted by Gasteiger charge is -2.09. The van der Waals surface area contributed by atoms with Gasteiger partial charge in [-0.2, -0.15) is 5.10 Å². The first-order valence-corrected chi connectivity index (χ1v) is 7.96. The standard InChI is InChI=1S/C17H20N2OS/c1-13(2)11-16(14-7-4-3-5-8-14)18-19-17(20)12-15-9-6-10-21-15/h3-10,13H,11-12H2,1-2H3,(H,19,20)/b18-16-. The fourth-order valence-corrected chi connectivity index (χ4v) is 2.69. The third kappa shape index (κ3) is 5.16. The van der Waals surface area contributed by atoms with Gasteiger partial charge in [0.15, 0.2) is 0 Å². The van der Waals surface area contributed by atoms with Crippen molar-refractivity contribution in [2.45, 2.75) is 26.7 Å². The van der Waals surface area contributed by atoms with Crippen LogP contribution in [0.3, 0.4) is 0 Å². The van der Waals surface area contributed by atoms with Crippen LogP contribution in [0.4, 0.5) is 0 Å². The second-order valence-corrected chi connectivity index (χ2v) is 6.35. The normalized spacial score (nSPS) is 11.7. The molecule has 0 saturated heterocycles. The van der Waals surface area contributed by atoms with E-state index in [4.69, 9.17) is 0 Å². The Balaban J connectivity index is 2.04. The lowest BCUT2D eigenvalue weighted by Crippen LogP contribution is -2.22. The number of thiophene rings is 1. The van der Waals surface area contributed by atoms with Crippen molar-refractivity contribution < 1.29 is 4.79 Å². The molecule has 0 bridgehead atoms. The summed E-state index contributed by atoms with van der Waals surface area (Å²) in [7, 11) is 0. The molecule has 110 valence electrons. The molecule has 21 heavy (non-hydrogen) atoms. The Morgan fingerprint density at radius 2 is 1.95 bits per heavy atom. The molecule has 3 nitrogen and oxygen atoms in total. The Kier molecular flexibility index (Phi) is 5.69. The number of hydrogen-bond donors (Lipinski definition) is 1. The molecule has 4 heteroatoms. The summed E-state index contributed by atoms with van der Waals surface area (Å²) in [6.07, 6.45) is 1.22. The average molecular weight is 300 g/mol. The number of nitrogens with one attached hydrogen (secondary N) is 1. The molecule has 0 atom stereocenters. The van der Waals surface area contributed by atoms with Crippen molar-refractivity contribution in [3.05, 3.63) is 58.3 Å². The molecule has 1 aromatic heterocycles. The van der Waals surface area contributed by atoms with E-state index < -0.39 is 0 Å². The minimum absolute atomic E-state index is 0.0744. The van der Waals surface area contributed by atoms with Crippen molar-refractivity contribution >= 4 is 23.0 Å². The summed E-state index contributed by atoms with van der Waals surface area (Å²) in [6, 6.07) is 13.9. The molecular weight excluding hydrogens is 280 g/mol. The second kappa shape index (κ2) is 7.74. The van der Waals surface area contributed by atoms with E-state index in [2.05, 4.69) is 24.4 Å². The van der Waals surface area contributed by atoms with Crippen LogP contribution in [0.25, 0.3) is 0 Å². The van der Waals surface area contributed by atoms with Gasteiger partial charge in [0.1, 0.15) is 0 Å². The van der Waals surface area contributed by atoms with E-state index >= 15 is 0 Å². The largest absolute Gasteiger partial charge is 0.273 e. The van der Waals surface area contributed by atoms with Gasteiger partial charge in [-0.25, -0.2) is 5.43 Å². The van der Waals surface area contributed by atoms with Crippen LogP contribution in [0.1, 0.15) is 30.7 Å². The fraction of sp³-hybridized carbons (Fsp3) is 0.294. The molecule has 0 fully saturated rings. The lowest BCUT2D eigenvalue weighted by atomic mass is 10.0. The number of amides is 1. The van der Waals surface area contributed by atoms with E-state index in [1.807, 2.05) is 47.8 Å². The lowest BCUT2D eigenvalue weighted by molar-refractivity contribution is -0.120. The van der Waals surface area contributed by atoms with Crippen LogP contribution in [0.5, 0.6) is 0 Å². The first kappa shape index (κ1) is 15.4. The van der Waals surface area contributed by atoms with Gasteiger partial charge in [-0.15, -0.1) is 11.3 Å². The SMILES string of the molecule is CC(C)C/C(=N/NC(=O)Cc1cccs1)c1ccccc1. The highest BCUT2D eigenvalue weighted by Crippen LogP contribution is 2.11. The van der Waals surface area contributed by atoms with Crippen molar-refractivity contribution in [3.8, 4) is 0 Å². The number of benzene rings is 1. The summed E-state index contributed by atoms with van der Waals surface area (Å²) in [4.78, 5) is 13.0. The van der Waals surface area contributed by atoms with Gasteiger partial charge in [0.25, 0.3) is 0 Å². The molecule has 2 aromatic rings. The van der Waals surface area contributed by atoms with Gasteiger partial charge < -0.3 is 0 Å². The maximum atomic E-state index is 11.9. The van der Waals surface area contributed by atoms with Crippen LogP contribution in [-0.4, -0.2) is 11.6 Å². The molecule has 0 saturated carbocycles. The summed E-state index contributed by atoms with van der Waals surface area (Å²) in [6.45, 7) is 4.29. The van der Waals surface area contributed by atoms with Gasteiger partial charge in [0.2, 0.25) is 5.91 Å². The molecule has 0 aliphatic rings. The van der Waals surface area contributed by atoms with Crippen LogP contribution in [0, 0.1) is 5.92 Å². The zero-order valence-electron chi connectivity index (χ0n) is 12.4. The second-order valence-electron chi connectivity index (χ2n) is 5.31. The van der Waals surface area contributed by atoms with Gasteiger partial charge in [-0.3, -0.25) is 4.79 Å². The van der Waals surface area contributed by atoms with Crippen LogP contribution in [-0.2, 0) is 11.2 Å². The zero-order chi connectivity index (χ0) is 15.1. The molecule has 0 aliphatic carbocycles. The number of carbonyl (C=O) groups excluding carboxylic acids is 1. The smallest absolute Gasteiger partial charge is 0.245 e. The Morgan fingerprint density at radius 3 is 2.57 bits per heavy atom. The highest BCUT2D eigenvalue weighted by atomic mass is 32.1. The Hall–Kier alpha value is -1.94. The molecule has 1 N–H and O–H groups in total. The van der Waals surface area contributed by atoms with Crippen LogP contribution in [0.2, 0.25) is 0 Å². The molecule has 0 aliphatic heterocycles. The van der Waals surface area contributed by atoms with Crippen LogP contribution >= 0.6 is 11.3 Å². The summed E-state index contributed by atoms with van der Waals surface area (Å²) < 4.78 is 0. The molecule has 1 aromatic carbocycles. The topological polar surface area (TPSA) is 41.5 Å². The van der Waals surface area contributed by atoms with E-state index in [0.29, 0.717) is 12.3 Å². The van der Waals surface area contributed by atoms with Crippen LogP contribution < -0.4 is 5.43 Å². The molecular formula is C17H20N2OS. The number of nitrogens with zero attached hydrogens (tertiary/aromatic N) is 1. The van der Waals surface area contributed by atoms with Crippen molar-refractivity contribution in [3.63, 3.8) is 0 Å². The molecule has 2 rings (SSSR count). The Bertz CT molecular complexity index is 589. The first-order valence-electron chi connectivity index (χ1n) is 7.08. The number of rotatable bonds is 6. The molecule has 0 unspecified atom stereocenters. The van der Waals surface area contributed by atoms with Crippen molar-refractivity contribution in [2.75, 3.05) is 0 Å². The minimum Gasteiger partial charge on any atom is -0.273 e. The molecule has 0 spiro atoms. The summed E-state index contributed by atoms with van der Waals surface area (Å²) >= 11 is 1.58. The first-order chi connectivity index (χ1) is 10.1. The predicted octanol–water partition coefficient (Wildman–Crippen LogP) is 3.86. The minimum atomic E-state index is -0.0744. The van der Waals surface area contributed by atoms with E-state index in [1.165, 1.54) is 0 Å². The van der Waals surface area contributed by atoms with Crippen molar-refractivity contribution in [2.24, 2.45) is 11.0 Å². The maximum Gasteiger partial charge on any atom is 0.245 e. The summed E-state index contributed by atoms with van der Waals surface area (Å²) in [5, 5.41) is 6.31. The fourth-order valence-electron chi connectivity index (χ4n) is 1.99. The summed E-state index contributed by atoms with van der Waals surface area (Å²) in [5.74, 6) is 0.410. The van der Waals surface area contributed by atoms with E-state index in [1.54, 1.807) is 11.3 Å². The van der Waals surface area contributed by atoms with Gasteiger partial charge in [-0.1, -0.05) is 50.2 Å². The third-order valence-corrected chi connectivity index (χ3v) is 3.82. The molecule has 1 heterocycles. The maximum absolute atomic E-state index is 11.9. The third-order valence-electron chi connectivity index (χ3n) is 2.94. The van der Waals surface area contributed by atoms with Gasteiger partial charge in [-0.05, 0) is 29.3 Å². The van der Waals surface area contributed by atoms with Gasteiger partial charge in [0.05, 0.1) is 12.1 Å². The quantitative estimate of drug-likeness (QED) is 0.639. The Labute approximate surface area is 129 Å². The average Bonchev–Trinajstić information content (AvgIpc) is 2.97. The van der Waals surface area contributed by atoms with E-state index in [0.717, 1.165) is 22.6 Å². The summed E-state index contributed by atoms with van der Waals surface area (Å²) in [5.41, 5.74) is 4.66. The van der Waals surface area contributed by atoms with E-state index in [9.17, 15) is 4.79 Å². The zero-order valence-corrected chi connectivity index (χ0v) is 13.2. The van der Waals surface area contributed by atoms with Crippen molar-refractivity contribution in [1.29, 1.82) is 0 Å².